The average molecular weight is 401 g/mol. The quantitative estimate of drug-likeness (QED) is 0.553. The number of hydrogen-bond acceptors (Lipinski definition) is 7. The molecule has 0 radical (unpaired) electrons. The molecule has 2 aliphatic rings. The summed E-state index contributed by atoms with van der Waals surface area (Å²) < 4.78 is 1.75. The van der Waals surface area contributed by atoms with E-state index in [2.05, 4.69) is 30.2 Å². The molecular weight excluding hydrogens is 382 g/mol. The molecule has 10 nitrogen and oxygen atoms in total. The van der Waals surface area contributed by atoms with Crippen molar-refractivity contribution >= 4 is 22.9 Å². The Kier molecular flexibility index (Phi) is 3.61. The summed E-state index contributed by atoms with van der Waals surface area (Å²) >= 11 is 0. The number of aromatic amines is 1. The second-order valence-electron chi connectivity index (χ2n) is 7.76. The molecule has 1 N–H and O–H groups in total. The predicted molar refractivity (Wildman–Crippen MR) is 109 cm³/mol. The Morgan fingerprint density at radius 2 is 2.13 bits per heavy atom. The summed E-state index contributed by atoms with van der Waals surface area (Å²) in [7, 11) is 1.86. The SMILES string of the molecule is CN1CC2CCC(C1=O)N2c1ncc2[nH]nc(-c3cnn(-c4cccnc4)c3)c2n1. The molecule has 10 heteroatoms. The van der Waals surface area contributed by atoms with Crippen LogP contribution in [0.25, 0.3) is 28.0 Å². The van der Waals surface area contributed by atoms with E-state index in [1.807, 2.05) is 30.3 Å². The number of likely N-dealkylation sites (tertiary alicyclic amines) is 1. The largest absolute Gasteiger partial charge is 0.342 e. The first kappa shape index (κ1) is 17.1. The third kappa shape index (κ3) is 2.49. The number of nitrogens with zero attached hydrogens (tertiary/aromatic N) is 8. The molecule has 6 heterocycles. The Morgan fingerprint density at radius 3 is 3.00 bits per heavy atom. The fourth-order valence-corrected chi connectivity index (χ4v) is 4.47. The van der Waals surface area contributed by atoms with E-state index >= 15 is 0 Å². The van der Waals surface area contributed by atoms with Crippen LogP contribution < -0.4 is 4.90 Å². The van der Waals surface area contributed by atoms with Crippen LogP contribution in [0.1, 0.15) is 12.8 Å². The number of hydrogen-bond donors (Lipinski definition) is 1. The number of anilines is 1. The minimum atomic E-state index is -0.185. The zero-order valence-corrected chi connectivity index (χ0v) is 16.3. The van der Waals surface area contributed by atoms with Crippen LogP contribution in [0.5, 0.6) is 0 Å². The molecule has 0 aliphatic carbocycles. The molecule has 2 fully saturated rings. The number of carbonyl (C=O) groups is 1. The molecule has 2 aliphatic heterocycles. The van der Waals surface area contributed by atoms with Crippen molar-refractivity contribution in [2.75, 3.05) is 18.5 Å². The summed E-state index contributed by atoms with van der Waals surface area (Å²) in [6, 6.07) is 3.87. The van der Waals surface area contributed by atoms with E-state index in [0.717, 1.165) is 35.1 Å². The van der Waals surface area contributed by atoms with E-state index in [1.165, 1.54) is 0 Å². The number of H-pyrrole nitrogens is 1. The Labute approximate surface area is 171 Å². The van der Waals surface area contributed by atoms with E-state index in [0.29, 0.717) is 18.2 Å². The van der Waals surface area contributed by atoms with Crippen LogP contribution in [-0.2, 0) is 4.79 Å². The van der Waals surface area contributed by atoms with Crippen LogP contribution in [-0.4, -0.2) is 71.4 Å². The number of nitrogens with one attached hydrogen (secondary N) is 1. The van der Waals surface area contributed by atoms with Crippen molar-refractivity contribution in [1.82, 2.24) is 39.8 Å². The molecule has 4 aromatic heterocycles. The molecule has 1 amide bonds. The highest BCUT2D eigenvalue weighted by Crippen LogP contribution is 2.34. The lowest BCUT2D eigenvalue weighted by atomic mass is 10.2. The van der Waals surface area contributed by atoms with Gasteiger partial charge in [0.2, 0.25) is 11.9 Å². The molecule has 6 rings (SSSR count). The average Bonchev–Trinajstić information content (AvgIpc) is 3.49. The lowest BCUT2D eigenvalue weighted by molar-refractivity contribution is -0.132. The highest BCUT2D eigenvalue weighted by atomic mass is 16.2. The van der Waals surface area contributed by atoms with E-state index in [1.54, 1.807) is 29.5 Å². The minimum Gasteiger partial charge on any atom is -0.342 e. The van der Waals surface area contributed by atoms with Crippen LogP contribution in [0.2, 0.25) is 0 Å². The van der Waals surface area contributed by atoms with Crippen molar-refractivity contribution < 1.29 is 4.79 Å². The Bertz CT molecular complexity index is 1250. The highest BCUT2D eigenvalue weighted by molar-refractivity contribution is 5.91. The predicted octanol–water partition coefficient (Wildman–Crippen LogP) is 1.41. The molecule has 2 bridgehead atoms. The number of likely N-dealkylation sites (N-methyl/N-ethyl adjacent to an activating group) is 1. The molecule has 2 atom stereocenters. The Morgan fingerprint density at radius 1 is 1.20 bits per heavy atom. The van der Waals surface area contributed by atoms with Crippen molar-refractivity contribution in [2.45, 2.75) is 24.9 Å². The molecular formula is C20H19N9O. The maximum absolute atomic E-state index is 12.6. The molecule has 2 saturated heterocycles. The maximum atomic E-state index is 12.6. The monoisotopic (exact) mass is 401 g/mol. The van der Waals surface area contributed by atoms with Gasteiger partial charge in [0.25, 0.3) is 0 Å². The van der Waals surface area contributed by atoms with Gasteiger partial charge in [-0.15, -0.1) is 0 Å². The van der Waals surface area contributed by atoms with Crippen LogP contribution in [0, 0.1) is 0 Å². The summed E-state index contributed by atoms with van der Waals surface area (Å²) in [5.74, 6) is 0.719. The second-order valence-corrected chi connectivity index (χ2v) is 7.76. The lowest BCUT2D eigenvalue weighted by Crippen LogP contribution is -2.56. The summed E-state index contributed by atoms with van der Waals surface area (Å²) in [6.07, 6.45) is 10.7. The van der Waals surface area contributed by atoms with Crippen LogP contribution >= 0.6 is 0 Å². The van der Waals surface area contributed by atoms with Gasteiger partial charge in [-0.05, 0) is 25.0 Å². The van der Waals surface area contributed by atoms with Crippen LogP contribution in [0.3, 0.4) is 0 Å². The summed E-state index contributed by atoms with van der Waals surface area (Å²) in [6.45, 7) is 0.701. The number of amides is 1. The maximum Gasteiger partial charge on any atom is 0.245 e. The first-order chi connectivity index (χ1) is 14.7. The number of aromatic nitrogens is 7. The van der Waals surface area contributed by atoms with Gasteiger partial charge in [-0.2, -0.15) is 10.2 Å². The topological polar surface area (TPSA) is 109 Å². The molecule has 30 heavy (non-hydrogen) atoms. The van der Waals surface area contributed by atoms with Crippen LogP contribution in [0.4, 0.5) is 5.95 Å². The van der Waals surface area contributed by atoms with Gasteiger partial charge < -0.3 is 9.80 Å². The first-order valence-corrected chi connectivity index (χ1v) is 9.89. The van der Waals surface area contributed by atoms with E-state index in [9.17, 15) is 4.79 Å². The molecule has 2 unspecified atom stereocenters. The van der Waals surface area contributed by atoms with Gasteiger partial charge in [0.05, 0.1) is 30.3 Å². The van der Waals surface area contributed by atoms with Gasteiger partial charge in [0.1, 0.15) is 22.8 Å². The van der Waals surface area contributed by atoms with Crippen molar-refractivity contribution in [2.24, 2.45) is 0 Å². The van der Waals surface area contributed by atoms with Gasteiger partial charge in [0, 0.05) is 31.5 Å². The highest BCUT2D eigenvalue weighted by Gasteiger charge is 2.45. The van der Waals surface area contributed by atoms with Crippen molar-refractivity contribution in [3.05, 3.63) is 43.1 Å². The van der Waals surface area contributed by atoms with Gasteiger partial charge in [0.15, 0.2) is 0 Å². The first-order valence-electron chi connectivity index (χ1n) is 9.89. The fraction of sp³-hybridized carbons (Fsp3) is 0.300. The number of fused-ring (bicyclic) bond motifs is 3. The van der Waals surface area contributed by atoms with Gasteiger partial charge in [-0.3, -0.25) is 14.9 Å². The zero-order chi connectivity index (χ0) is 20.2. The zero-order valence-electron chi connectivity index (χ0n) is 16.3. The fourth-order valence-electron chi connectivity index (χ4n) is 4.47. The lowest BCUT2D eigenvalue weighted by Gasteiger charge is -2.38. The van der Waals surface area contributed by atoms with Crippen LogP contribution in [0.15, 0.2) is 43.1 Å². The Hall–Kier alpha value is -3.82. The van der Waals surface area contributed by atoms with Gasteiger partial charge >= 0.3 is 0 Å². The molecule has 0 saturated carbocycles. The minimum absolute atomic E-state index is 0.137. The van der Waals surface area contributed by atoms with Crippen molar-refractivity contribution in [3.8, 4) is 16.9 Å². The smallest absolute Gasteiger partial charge is 0.245 e. The second kappa shape index (κ2) is 6.34. The van der Waals surface area contributed by atoms with Gasteiger partial charge in [-0.1, -0.05) is 0 Å². The summed E-state index contributed by atoms with van der Waals surface area (Å²) in [5.41, 5.74) is 3.88. The number of carbonyl (C=O) groups excluding carboxylic acids is 1. The van der Waals surface area contributed by atoms with Crippen molar-refractivity contribution in [3.63, 3.8) is 0 Å². The summed E-state index contributed by atoms with van der Waals surface area (Å²) in [5, 5.41) is 11.9. The molecule has 150 valence electrons. The normalized spacial score (nSPS) is 21.0. The van der Waals surface area contributed by atoms with E-state index in [4.69, 9.17) is 4.98 Å². The molecule has 0 spiro atoms. The Balaban J connectivity index is 1.40. The standard InChI is InChI=1S/C20H19N9O/c1-27-11-14-4-5-16(19(27)30)29(14)20-22-9-15-18(24-20)17(26-25-15)12-7-23-28(10-12)13-3-2-6-21-8-13/h2-3,6-10,14,16H,4-5,11H2,1H3,(H,25,26). The van der Waals surface area contributed by atoms with Crippen molar-refractivity contribution in [1.29, 1.82) is 0 Å². The number of pyridine rings is 1. The van der Waals surface area contributed by atoms with Gasteiger partial charge in [-0.25, -0.2) is 14.6 Å². The molecule has 4 aromatic rings. The number of rotatable bonds is 3. The van der Waals surface area contributed by atoms with E-state index in [-0.39, 0.29) is 18.0 Å². The third-order valence-electron chi connectivity index (χ3n) is 5.93. The summed E-state index contributed by atoms with van der Waals surface area (Å²) in [4.78, 5) is 30.0. The third-order valence-corrected chi connectivity index (χ3v) is 5.93. The number of piperazine rings is 1. The molecule has 0 aromatic carbocycles. The van der Waals surface area contributed by atoms with E-state index < -0.39 is 0 Å².